The Morgan fingerprint density at radius 1 is 1.14 bits per heavy atom. The van der Waals surface area contributed by atoms with Gasteiger partial charge in [0, 0.05) is 6.54 Å². The van der Waals surface area contributed by atoms with Crippen LogP contribution in [0.1, 0.15) is 12.5 Å². The Hall–Kier alpha value is -2.40. The van der Waals surface area contributed by atoms with E-state index in [1.54, 1.807) is 36.4 Å². The minimum absolute atomic E-state index is 0.313. The number of hydrogen-bond acceptors (Lipinski definition) is 3. The molecule has 1 amide bonds. The lowest BCUT2D eigenvalue weighted by molar-refractivity contribution is -0.128. The van der Waals surface area contributed by atoms with Crippen LogP contribution >= 0.6 is 0 Å². The molecular weight excluding hydrogens is 273 g/mol. The minimum atomic E-state index is -1.02. The molecular formula is C16H16FNO3. The smallest absolute Gasteiger partial charge is 0.248 e. The molecule has 2 aromatic carbocycles. The molecule has 0 aliphatic heterocycles. The maximum atomic E-state index is 12.8. The van der Waals surface area contributed by atoms with Crippen molar-refractivity contribution in [3.8, 4) is 11.5 Å². The first-order valence-corrected chi connectivity index (χ1v) is 6.53. The Labute approximate surface area is 122 Å². The highest BCUT2D eigenvalue weighted by Crippen LogP contribution is 2.21. The lowest BCUT2D eigenvalue weighted by Gasteiger charge is -2.09. The standard InChI is InChI=1S/C16H16FNO3/c1-11(19)16(20)18-10-12-2-6-14(7-3-12)21-15-8-4-13(17)5-9-15/h2-9,11,19H,10H2,1H3,(H,18,20). The Morgan fingerprint density at radius 2 is 1.67 bits per heavy atom. The van der Waals surface area contributed by atoms with Crippen molar-refractivity contribution in [3.63, 3.8) is 0 Å². The summed E-state index contributed by atoms with van der Waals surface area (Å²) in [5.41, 5.74) is 0.885. The molecule has 0 bridgehead atoms. The fourth-order valence-electron chi connectivity index (χ4n) is 1.65. The van der Waals surface area contributed by atoms with E-state index in [0.29, 0.717) is 18.0 Å². The quantitative estimate of drug-likeness (QED) is 0.889. The van der Waals surface area contributed by atoms with E-state index < -0.39 is 12.0 Å². The Morgan fingerprint density at radius 3 is 2.19 bits per heavy atom. The van der Waals surface area contributed by atoms with Crippen LogP contribution < -0.4 is 10.1 Å². The predicted octanol–water partition coefficient (Wildman–Crippen LogP) is 2.62. The van der Waals surface area contributed by atoms with Gasteiger partial charge in [-0.2, -0.15) is 0 Å². The van der Waals surface area contributed by atoms with Gasteiger partial charge >= 0.3 is 0 Å². The average molecular weight is 289 g/mol. The van der Waals surface area contributed by atoms with Crippen LogP contribution in [-0.2, 0) is 11.3 Å². The molecule has 0 heterocycles. The highest BCUT2D eigenvalue weighted by Gasteiger charge is 2.07. The van der Waals surface area contributed by atoms with Gasteiger partial charge in [0.15, 0.2) is 0 Å². The van der Waals surface area contributed by atoms with E-state index in [1.165, 1.54) is 19.1 Å². The first kappa shape index (κ1) is 15.0. The molecule has 0 saturated heterocycles. The number of ether oxygens (including phenoxy) is 1. The Balaban J connectivity index is 1.92. The van der Waals surface area contributed by atoms with Crippen molar-refractivity contribution < 1.29 is 19.0 Å². The van der Waals surface area contributed by atoms with Crippen molar-refractivity contribution in [2.75, 3.05) is 0 Å². The summed E-state index contributed by atoms with van der Waals surface area (Å²) in [7, 11) is 0. The molecule has 2 aromatic rings. The summed E-state index contributed by atoms with van der Waals surface area (Å²) >= 11 is 0. The first-order chi connectivity index (χ1) is 10.0. The maximum absolute atomic E-state index is 12.8. The largest absolute Gasteiger partial charge is 0.457 e. The monoisotopic (exact) mass is 289 g/mol. The second-order valence-electron chi connectivity index (χ2n) is 4.59. The predicted molar refractivity (Wildman–Crippen MR) is 76.4 cm³/mol. The van der Waals surface area contributed by atoms with Gasteiger partial charge in [-0.3, -0.25) is 4.79 Å². The van der Waals surface area contributed by atoms with Crippen molar-refractivity contribution in [2.45, 2.75) is 19.6 Å². The molecule has 1 atom stereocenters. The lowest BCUT2D eigenvalue weighted by Crippen LogP contribution is -2.31. The minimum Gasteiger partial charge on any atom is -0.457 e. The summed E-state index contributed by atoms with van der Waals surface area (Å²) in [5.74, 6) is 0.437. The lowest BCUT2D eigenvalue weighted by atomic mass is 10.2. The summed E-state index contributed by atoms with van der Waals surface area (Å²) in [6.07, 6.45) is -1.02. The van der Waals surface area contributed by atoms with E-state index in [2.05, 4.69) is 5.32 Å². The number of rotatable bonds is 5. The fraction of sp³-hybridized carbons (Fsp3) is 0.188. The van der Waals surface area contributed by atoms with E-state index in [0.717, 1.165) is 5.56 Å². The molecule has 0 radical (unpaired) electrons. The van der Waals surface area contributed by atoms with Gasteiger partial charge in [0.2, 0.25) is 5.91 Å². The second kappa shape index (κ2) is 6.85. The maximum Gasteiger partial charge on any atom is 0.248 e. The molecule has 2 N–H and O–H groups in total. The van der Waals surface area contributed by atoms with E-state index in [4.69, 9.17) is 9.84 Å². The van der Waals surface area contributed by atoms with Gasteiger partial charge in [0.1, 0.15) is 23.4 Å². The van der Waals surface area contributed by atoms with Crippen LogP contribution in [0.3, 0.4) is 0 Å². The van der Waals surface area contributed by atoms with E-state index in [1.807, 2.05) is 0 Å². The van der Waals surface area contributed by atoms with Crippen LogP contribution in [0.2, 0.25) is 0 Å². The van der Waals surface area contributed by atoms with Gasteiger partial charge in [0.25, 0.3) is 0 Å². The third-order valence-corrected chi connectivity index (χ3v) is 2.82. The van der Waals surface area contributed by atoms with E-state index in [-0.39, 0.29) is 5.82 Å². The number of halogens is 1. The molecule has 0 spiro atoms. The summed E-state index contributed by atoms with van der Waals surface area (Å²) in [6, 6.07) is 12.9. The third kappa shape index (κ3) is 4.57. The molecule has 0 aromatic heterocycles. The van der Waals surface area contributed by atoms with Crippen LogP contribution in [0, 0.1) is 5.82 Å². The fourth-order valence-corrected chi connectivity index (χ4v) is 1.65. The number of aliphatic hydroxyl groups is 1. The highest BCUT2D eigenvalue weighted by molar-refractivity contribution is 5.79. The molecule has 0 aliphatic carbocycles. The van der Waals surface area contributed by atoms with Gasteiger partial charge in [-0.05, 0) is 48.9 Å². The van der Waals surface area contributed by atoms with Gasteiger partial charge in [-0.15, -0.1) is 0 Å². The van der Waals surface area contributed by atoms with Crippen LogP contribution in [-0.4, -0.2) is 17.1 Å². The van der Waals surface area contributed by atoms with E-state index in [9.17, 15) is 9.18 Å². The van der Waals surface area contributed by atoms with Crippen LogP contribution in [0.5, 0.6) is 11.5 Å². The molecule has 1 unspecified atom stereocenters. The SMILES string of the molecule is CC(O)C(=O)NCc1ccc(Oc2ccc(F)cc2)cc1. The summed E-state index contributed by atoms with van der Waals surface area (Å²) in [6.45, 7) is 1.75. The first-order valence-electron chi connectivity index (χ1n) is 6.53. The van der Waals surface area contributed by atoms with Gasteiger partial charge in [-0.25, -0.2) is 4.39 Å². The number of amides is 1. The zero-order valence-corrected chi connectivity index (χ0v) is 11.5. The Kier molecular flexibility index (Phi) is 4.90. The zero-order chi connectivity index (χ0) is 15.2. The molecule has 0 aliphatic rings. The van der Waals surface area contributed by atoms with Crippen molar-refractivity contribution in [1.82, 2.24) is 5.32 Å². The Bertz CT molecular complexity index is 594. The average Bonchev–Trinajstić information content (AvgIpc) is 2.48. The number of hydrogen-bond donors (Lipinski definition) is 2. The summed E-state index contributed by atoms with van der Waals surface area (Å²) < 4.78 is 18.3. The van der Waals surface area contributed by atoms with Crippen LogP contribution in [0.4, 0.5) is 4.39 Å². The van der Waals surface area contributed by atoms with E-state index >= 15 is 0 Å². The molecule has 5 heteroatoms. The van der Waals surface area contributed by atoms with Crippen molar-refractivity contribution in [2.24, 2.45) is 0 Å². The molecule has 0 saturated carbocycles. The molecule has 110 valence electrons. The topological polar surface area (TPSA) is 58.6 Å². The number of carbonyl (C=O) groups is 1. The molecule has 2 rings (SSSR count). The summed E-state index contributed by atoms with van der Waals surface area (Å²) in [5, 5.41) is 11.7. The van der Waals surface area contributed by atoms with Crippen molar-refractivity contribution >= 4 is 5.91 Å². The molecule has 4 nitrogen and oxygen atoms in total. The number of nitrogens with one attached hydrogen (secondary N) is 1. The highest BCUT2D eigenvalue weighted by atomic mass is 19.1. The summed E-state index contributed by atoms with van der Waals surface area (Å²) in [4.78, 5) is 11.2. The molecule has 0 fully saturated rings. The normalized spacial score (nSPS) is 11.8. The van der Waals surface area contributed by atoms with Crippen molar-refractivity contribution in [1.29, 1.82) is 0 Å². The second-order valence-corrected chi connectivity index (χ2v) is 4.59. The van der Waals surface area contributed by atoms with Gasteiger partial charge in [0.05, 0.1) is 0 Å². The van der Waals surface area contributed by atoms with Gasteiger partial charge < -0.3 is 15.2 Å². The number of benzene rings is 2. The van der Waals surface area contributed by atoms with Crippen LogP contribution in [0.15, 0.2) is 48.5 Å². The number of aliphatic hydroxyl groups excluding tert-OH is 1. The third-order valence-electron chi connectivity index (χ3n) is 2.82. The molecule has 21 heavy (non-hydrogen) atoms. The van der Waals surface area contributed by atoms with Crippen molar-refractivity contribution in [3.05, 3.63) is 59.9 Å². The zero-order valence-electron chi connectivity index (χ0n) is 11.5. The number of carbonyl (C=O) groups excluding carboxylic acids is 1. The van der Waals surface area contributed by atoms with Gasteiger partial charge in [-0.1, -0.05) is 12.1 Å². The van der Waals surface area contributed by atoms with Crippen LogP contribution in [0.25, 0.3) is 0 Å².